The van der Waals surface area contributed by atoms with Gasteiger partial charge in [-0.05, 0) is 31.8 Å². The summed E-state index contributed by atoms with van der Waals surface area (Å²) in [5, 5.41) is 0. The average Bonchev–Trinajstić information content (AvgIpc) is 2.13. The van der Waals surface area contributed by atoms with Crippen LogP contribution in [0, 0.1) is 11.8 Å². The molecule has 48 valence electrons. The smallest absolute Gasteiger partial charge is 0.00924 e. The van der Waals surface area contributed by atoms with Crippen molar-refractivity contribution >= 4 is 0 Å². The van der Waals surface area contributed by atoms with E-state index in [9.17, 15) is 0 Å². The Bertz CT molecular complexity index is 164. The normalized spacial score (nSPS) is 22.6. The van der Waals surface area contributed by atoms with Gasteiger partial charge in [0.25, 0.3) is 0 Å². The molecule has 0 atom stereocenters. The molecular weight excluding hydrogens is 108 g/mol. The molecule has 0 heterocycles. The fraction of sp³-hybridized carbons (Fsp3) is 0.556. The van der Waals surface area contributed by atoms with Crippen LogP contribution in [0.4, 0.5) is 0 Å². The van der Waals surface area contributed by atoms with Crippen LogP contribution in [0.15, 0.2) is 11.6 Å². The van der Waals surface area contributed by atoms with Gasteiger partial charge in [-0.3, -0.25) is 0 Å². The van der Waals surface area contributed by atoms with Gasteiger partial charge in [-0.25, -0.2) is 0 Å². The van der Waals surface area contributed by atoms with Gasteiger partial charge in [0.1, 0.15) is 0 Å². The largest absolute Gasteiger partial charge is 0.0982 e. The fourth-order valence-corrected chi connectivity index (χ4v) is 0.984. The van der Waals surface area contributed by atoms with Crippen LogP contribution < -0.4 is 0 Å². The van der Waals surface area contributed by atoms with Crippen molar-refractivity contribution in [2.75, 3.05) is 0 Å². The lowest BCUT2D eigenvalue weighted by Crippen LogP contribution is -1.75. The first-order valence-corrected chi connectivity index (χ1v) is 3.57. The van der Waals surface area contributed by atoms with Crippen LogP contribution >= 0.6 is 0 Å². The molecule has 1 rings (SSSR count). The zero-order valence-corrected chi connectivity index (χ0v) is 5.91. The third kappa shape index (κ3) is 1.93. The molecular formula is C9H12. The zero-order chi connectivity index (χ0) is 6.53. The van der Waals surface area contributed by atoms with E-state index >= 15 is 0 Å². The maximum absolute atomic E-state index is 3.14. The Morgan fingerprint density at radius 3 is 3.11 bits per heavy atom. The molecule has 0 nitrogen and oxygen atoms in total. The second kappa shape index (κ2) is 3.35. The van der Waals surface area contributed by atoms with Gasteiger partial charge in [-0.1, -0.05) is 17.9 Å². The second-order valence-electron chi connectivity index (χ2n) is 2.32. The lowest BCUT2D eigenvalue weighted by molar-refractivity contribution is 0.770. The van der Waals surface area contributed by atoms with Crippen LogP contribution in [0.25, 0.3) is 0 Å². The highest BCUT2D eigenvalue weighted by Gasteiger charge is 1.94. The highest BCUT2D eigenvalue weighted by Crippen LogP contribution is 2.10. The molecule has 0 aromatic rings. The Hall–Kier alpha value is -0.700. The second-order valence-corrected chi connectivity index (χ2v) is 2.32. The summed E-state index contributed by atoms with van der Waals surface area (Å²) in [6, 6.07) is 0. The summed E-state index contributed by atoms with van der Waals surface area (Å²) in [5.74, 6) is 6.27. The molecule has 0 heteroatoms. The van der Waals surface area contributed by atoms with Gasteiger partial charge in [-0.2, -0.15) is 0 Å². The van der Waals surface area contributed by atoms with Crippen LogP contribution in [-0.2, 0) is 0 Å². The van der Waals surface area contributed by atoms with E-state index in [0.29, 0.717) is 0 Å². The number of allylic oxidation sites excluding steroid dienone is 2. The monoisotopic (exact) mass is 120 g/mol. The van der Waals surface area contributed by atoms with E-state index in [2.05, 4.69) is 24.8 Å². The van der Waals surface area contributed by atoms with E-state index < -0.39 is 0 Å². The predicted molar refractivity (Wildman–Crippen MR) is 40.0 cm³/mol. The minimum absolute atomic E-state index is 1.09. The molecule has 0 radical (unpaired) electrons. The van der Waals surface area contributed by atoms with E-state index in [4.69, 9.17) is 0 Å². The van der Waals surface area contributed by atoms with E-state index in [1.807, 2.05) is 0 Å². The van der Waals surface area contributed by atoms with Crippen molar-refractivity contribution in [1.82, 2.24) is 0 Å². The first kappa shape index (κ1) is 6.42. The van der Waals surface area contributed by atoms with E-state index in [1.165, 1.54) is 24.8 Å². The van der Waals surface area contributed by atoms with Crippen LogP contribution in [-0.4, -0.2) is 0 Å². The molecule has 0 N–H and O–H groups in total. The third-order valence-corrected chi connectivity index (χ3v) is 1.60. The first-order valence-electron chi connectivity index (χ1n) is 3.57. The quantitative estimate of drug-likeness (QED) is 0.431. The number of rotatable bonds is 0. The van der Waals surface area contributed by atoms with Crippen molar-refractivity contribution in [2.24, 2.45) is 0 Å². The van der Waals surface area contributed by atoms with Crippen molar-refractivity contribution in [3.05, 3.63) is 11.6 Å². The molecule has 0 spiro atoms. The van der Waals surface area contributed by atoms with Gasteiger partial charge in [0.05, 0.1) is 0 Å². The van der Waals surface area contributed by atoms with E-state index in [-0.39, 0.29) is 0 Å². The van der Waals surface area contributed by atoms with Crippen molar-refractivity contribution in [3.63, 3.8) is 0 Å². The molecule has 0 bridgehead atoms. The molecule has 1 aliphatic carbocycles. The Morgan fingerprint density at radius 2 is 2.33 bits per heavy atom. The Morgan fingerprint density at radius 1 is 1.44 bits per heavy atom. The van der Waals surface area contributed by atoms with Crippen LogP contribution in [0.3, 0.4) is 0 Å². The fourth-order valence-electron chi connectivity index (χ4n) is 0.984. The third-order valence-electron chi connectivity index (χ3n) is 1.60. The SMILES string of the molecule is CC=C1C#CCCCC1. The maximum atomic E-state index is 3.14. The van der Waals surface area contributed by atoms with Gasteiger partial charge in [0.2, 0.25) is 0 Å². The standard InChI is InChI=1S/C9H12/c1-2-9-7-5-3-4-6-8-9/h2H,3-5,7H2,1H3. The Kier molecular flexibility index (Phi) is 2.39. The Balaban J connectivity index is 2.59. The van der Waals surface area contributed by atoms with Crippen molar-refractivity contribution < 1.29 is 0 Å². The molecule has 0 unspecified atom stereocenters. The molecule has 0 amide bonds. The topological polar surface area (TPSA) is 0 Å². The highest BCUT2D eigenvalue weighted by molar-refractivity contribution is 5.28. The number of hydrogen-bond acceptors (Lipinski definition) is 0. The summed E-state index contributed by atoms with van der Waals surface area (Å²) in [7, 11) is 0. The highest BCUT2D eigenvalue weighted by atomic mass is 14.0. The summed E-state index contributed by atoms with van der Waals surface area (Å²) < 4.78 is 0. The minimum atomic E-state index is 1.09. The Labute approximate surface area is 57.0 Å². The number of hydrogen-bond donors (Lipinski definition) is 0. The van der Waals surface area contributed by atoms with Crippen molar-refractivity contribution in [2.45, 2.75) is 32.6 Å². The van der Waals surface area contributed by atoms with Gasteiger partial charge < -0.3 is 0 Å². The summed E-state index contributed by atoms with van der Waals surface area (Å²) in [4.78, 5) is 0. The summed E-state index contributed by atoms with van der Waals surface area (Å²) >= 11 is 0. The van der Waals surface area contributed by atoms with E-state index in [1.54, 1.807) is 0 Å². The van der Waals surface area contributed by atoms with Crippen molar-refractivity contribution in [1.29, 1.82) is 0 Å². The van der Waals surface area contributed by atoms with Crippen LogP contribution in [0.5, 0.6) is 0 Å². The summed E-state index contributed by atoms with van der Waals surface area (Å²) in [6.45, 7) is 2.06. The summed E-state index contributed by atoms with van der Waals surface area (Å²) in [5.41, 5.74) is 1.33. The van der Waals surface area contributed by atoms with Crippen molar-refractivity contribution in [3.8, 4) is 11.8 Å². The molecule has 1 aliphatic rings. The van der Waals surface area contributed by atoms with Gasteiger partial charge in [-0.15, -0.1) is 0 Å². The van der Waals surface area contributed by atoms with Gasteiger partial charge >= 0.3 is 0 Å². The minimum Gasteiger partial charge on any atom is -0.0982 e. The molecule has 0 aliphatic heterocycles. The summed E-state index contributed by atoms with van der Waals surface area (Å²) in [6.07, 6.45) is 7.00. The average molecular weight is 120 g/mol. The zero-order valence-electron chi connectivity index (χ0n) is 5.91. The van der Waals surface area contributed by atoms with Gasteiger partial charge in [0, 0.05) is 6.42 Å². The van der Waals surface area contributed by atoms with Gasteiger partial charge in [0.15, 0.2) is 0 Å². The lowest BCUT2D eigenvalue weighted by Gasteiger charge is -1.92. The van der Waals surface area contributed by atoms with Crippen LogP contribution in [0.1, 0.15) is 32.6 Å². The molecule has 9 heavy (non-hydrogen) atoms. The first-order chi connectivity index (χ1) is 4.43. The molecule has 0 aromatic carbocycles. The maximum Gasteiger partial charge on any atom is 0.00924 e. The predicted octanol–water partition coefficient (Wildman–Crippen LogP) is 2.51. The molecule has 0 saturated heterocycles. The lowest BCUT2D eigenvalue weighted by atomic mass is 10.1. The molecule has 0 saturated carbocycles. The molecule has 0 aromatic heterocycles. The van der Waals surface area contributed by atoms with Crippen LogP contribution in [0.2, 0.25) is 0 Å². The van der Waals surface area contributed by atoms with E-state index in [0.717, 1.165) is 6.42 Å². The molecule has 0 fully saturated rings.